The van der Waals surface area contributed by atoms with Gasteiger partial charge in [-0.25, -0.2) is 0 Å². The first-order chi connectivity index (χ1) is 64.1. The van der Waals surface area contributed by atoms with Gasteiger partial charge in [-0.3, -0.25) is 0 Å². The van der Waals surface area contributed by atoms with Gasteiger partial charge in [-0.1, -0.05) is 314 Å². The second-order valence-electron chi connectivity index (χ2n) is 35.2. The minimum absolute atomic E-state index is 0.105. The summed E-state index contributed by atoms with van der Waals surface area (Å²) in [5.74, 6) is 0. The second-order valence-corrected chi connectivity index (χ2v) is 35.2. The van der Waals surface area contributed by atoms with Crippen molar-refractivity contribution in [1.29, 1.82) is 0 Å². The van der Waals surface area contributed by atoms with Crippen LogP contribution in [0.25, 0.3) is 154 Å². The summed E-state index contributed by atoms with van der Waals surface area (Å²) in [6.45, 7) is -0.210. The van der Waals surface area contributed by atoms with Crippen molar-refractivity contribution < 1.29 is 0 Å². The van der Waals surface area contributed by atoms with Crippen LogP contribution in [0.1, 0.15) is 22.3 Å². The van der Waals surface area contributed by atoms with E-state index in [1.807, 2.05) is 0 Å². The fraction of sp³-hybridized carbons (Fsp3) is 0.00826. The highest BCUT2D eigenvalue weighted by Crippen LogP contribution is 2.67. The largest absolute Gasteiger partial charge is 0.311 e. The predicted octanol–water partition coefficient (Wildman–Crippen LogP) is 26.4. The first-order valence-corrected chi connectivity index (χ1v) is 44.9. The van der Waals surface area contributed by atoms with Crippen LogP contribution in [-0.2, 0) is 5.41 Å². The third-order valence-electron chi connectivity index (χ3n) is 28.8. The van der Waals surface area contributed by atoms with Gasteiger partial charge in [0, 0.05) is 111 Å². The number of para-hydroxylation sites is 10. The molecule has 0 unspecified atom stereocenters. The molecule has 596 valence electrons. The predicted molar refractivity (Wildman–Crippen MR) is 543 cm³/mol. The van der Waals surface area contributed by atoms with E-state index in [2.05, 4.69) is 489 Å². The number of aromatic nitrogens is 4. The molecule has 0 radical (unpaired) electrons. The molecular formula is C121H76B2N6. The monoisotopic (exact) mass is 1630 g/mol. The van der Waals surface area contributed by atoms with Crippen LogP contribution in [0.3, 0.4) is 0 Å². The fourth-order valence-corrected chi connectivity index (χ4v) is 23.6. The van der Waals surface area contributed by atoms with E-state index in [1.165, 1.54) is 176 Å². The Morgan fingerprint density at radius 2 is 0.450 bits per heavy atom. The molecule has 0 bridgehead atoms. The smallest absolute Gasteiger partial charge is 0.246 e. The van der Waals surface area contributed by atoms with E-state index in [9.17, 15) is 0 Å². The fourth-order valence-electron chi connectivity index (χ4n) is 23.6. The molecule has 0 saturated carbocycles. The van der Waals surface area contributed by atoms with Crippen LogP contribution in [0, 0.1) is 0 Å². The maximum absolute atomic E-state index is 2.62. The lowest BCUT2D eigenvalue weighted by Crippen LogP contribution is -2.57. The maximum Gasteiger partial charge on any atom is 0.246 e. The minimum atomic E-state index is -0.909. The number of nitrogens with zero attached hydrogens (tertiary/aromatic N) is 6. The van der Waals surface area contributed by atoms with Crippen LogP contribution in [0.2, 0.25) is 0 Å². The lowest BCUT2D eigenvalue weighted by molar-refractivity contribution is 0.793. The van der Waals surface area contributed by atoms with Crippen LogP contribution in [0.15, 0.2) is 461 Å². The van der Waals surface area contributed by atoms with Crippen molar-refractivity contribution in [2.45, 2.75) is 5.41 Å². The average molecular weight is 1640 g/mol. The number of rotatable bonds is 10. The third-order valence-corrected chi connectivity index (χ3v) is 28.8. The third kappa shape index (κ3) is 10.2. The number of fused-ring (bicyclic) bond motifs is 28. The molecule has 24 aromatic rings. The number of hydrogen-bond donors (Lipinski definition) is 0. The highest BCUT2D eigenvalue weighted by molar-refractivity contribution is 6.99. The summed E-state index contributed by atoms with van der Waals surface area (Å²) in [5, 5.41) is 9.73. The summed E-state index contributed by atoms with van der Waals surface area (Å²) in [6, 6.07) is 175. The molecule has 4 aromatic heterocycles. The summed E-state index contributed by atoms with van der Waals surface area (Å²) in [7, 11) is 0. The molecule has 20 aromatic carbocycles. The van der Waals surface area contributed by atoms with E-state index in [1.54, 1.807) is 0 Å². The van der Waals surface area contributed by atoms with Crippen molar-refractivity contribution in [3.8, 4) is 67.3 Å². The zero-order valence-electron chi connectivity index (χ0n) is 70.2. The summed E-state index contributed by atoms with van der Waals surface area (Å²) >= 11 is 0. The van der Waals surface area contributed by atoms with Gasteiger partial charge in [-0.05, 0) is 235 Å². The molecule has 0 N–H and O–H groups in total. The Balaban J connectivity index is 0.712. The molecule has 4 aliphatic rings. The van der Waals surface area contributed by atoms with Crippen molar-refractivity contribution in [2.75, 3.05) is 9.80 Å². The SMILES string of the molecule is c1ccc(B2c3ccccc3N(c3ccccc3)c3c2ccc2c3-c3cc(-n4c5ccccc5c5cc(-c6ccc7c(c6)c6ccccc6n7-c6ccccc6)ccc54)ccc3C23c2ccc(-n4c5ccccc5c5cc(-c6ccc7c(c6)c6ccccc6n7-c6ccccc6)ccc54)cc2-c2c3ccc3c2N(c2ccccc2)c2ccccc2B3c2ccccc2)cc1. The first kappa shape index (κ1) is 71.7. The molecule has 0 atom stereocenters. The van der Waals surface area contributed by atoms with E-state index in [-0.39, 0.29) is 13.4 Å². The molecule has 8 heteroatoms. The highest BCUT2D eigenvalue weighted by Gasteiger charge is 2.56. The van der Waals surface area contributed by atoms with E-state index in [4.69, 9.17) is 0 Å². The molecule has 0 fully saturated rings. The summed E-state index contributed by atoms with van der Waals surface area (Å²) in [4.78, 5) is 5.25. The zero-order chi connectivity index (χ0) is 84.3. The second kappa shape index (κ2) is 27.7. The van der Waals surface area contributed by atoms with Crippen molar-refractivity contribution in [2.24, 2.45) is 0 Å². The quantitative estimate of drug-likeness (QED) is 0.128. The van der Waals surface area contributed by atoms with E-state index in [0.717, 1.165) is 67.6 Å². The van der Waals surface area contributed by atoms with E-state index >= 15 is 0 Å². The molecule has 6 heterocycles. The van der Waals surface area contributed by atoms with Gasteiger partial charge >= 0.3 is 0 Å². The Bertz CT molecular complexity index is 8320. The zero-order valence-corrected chi connectivity index (χ0v) is 70.2. The van der Waals surface area contributed by atoms with Gasteiger partial charge < -0.3 is 28.1 Å². The lowest BCUT2D eigenvalue weighted by atomic mass is 9.35. The van der Waals surface area contributed by atoms with E-state index in [0.29, 0.717) is 0 Å². The molecule has 28 rings (SSSR count). The molecule has 2 aliphatic heterocycles. The van der Waals surface area contributed by atoms with Crippen LogP contribution in [-0.4, -0.2) is 31.7 Å². The molecule has 1 spiro atoms. The van der Waals surface area contributed by atoms with Crippen LogP contribution >= 0.6 is 0 Å². The van der Waals surface area contributed by atoms with Crippen molar-refractivity contribution in [1.82, 2.24) is 18.3 Å². The van der Waals surface area contributed by atoms with Crippen molar-refractivity contribution in [3.63, 3.8) is 0 Å². The molecule has 129 heavy (non-hydrogen) atoms. The number of hydrogen-bond acceptors (Lipinski definition) is 2. The molecule has 0 amide bonds. The average Bonchev–Trinajstić information content (AvgIpc) is 1.48. The molecule has 0 saturated heterocycles. The summed E-state index contributed by atoms with van der Waals surface area (Å²) in [6.07, 6.45) is 0. The lowest BCUT2D eigenvalue weighted by Gasteiger charge is -2.40. The maximum atomic E-state index is 2.62. The van der Waals surface area contributed by atoms with Gasteiger partial charge in [-0.15, -0.1) is 0 Å². The number of anilines is 6. The van der Waals surface area contributed by atoms with Crippen molar-refractivity contribution >= 4 is 168 Å². The van der Waals surface area contributed by atoms with Crippen LogP contribution in [0.4, 0.5) is 34.1 Å². The summed E-state index contributed by atoms with van der Waals surface area (Å²) < 4.78 is 9.92. The molecule has 6 nitrogen and oxygen atoms in total. The van der Waals surface area contributed by atoms with Gasteiger partial charge in [0.1, 0.15) is 0 Å². The topological polar surface area (TPSA) is 26.2 Å². The minimum Gasteiger partial charge on any atom is -0.311 e. The van der Waals surface area contributed by atoms with Crippen LogP contribution in [0.5, 0.6) is 0 Å². The van der Waals surface area contributed by atoms with Gasteiger partial charge in [0.2, 0.25) is 13.4 Å². The Kier molecular flexibility index (Phi) is 15.4. The van der Waals surface area contributed by atoms with Crippen LogP contribution < -0.4 is 42.6 Å². The van der Waals surface area contributed by atoms with Crippen molar-refractivity contribution in [3.05, 3.63) is 483 Å². The normalized spacial score (nSPS) is 13.3. The van der Waals surface area contributed by atoms with Gasteiger partial charge in [-0.2, -0.15) is 0 Å². The van der Waals surface area contributed by atoms with Gasteiger partial charge in [0.05, 0.1) is 49.5 Å². The van der Waals surface area contributed by atoms with E-state index < -0.39 is 5.41 Å². The summed E-state index contributed by atoms with van der Waals surface area (Å²) in [5.41, 5.74) is 41.9. The Hall–Kier alpha value is -16.7. The van der Waals surface area contributed by atoms with Gasteiger partial charge in [0.25, 0.3) is 0 Å². The standard InChI is InChI=1S/C121H76B2N6/c1-7-31-81(32-8-1)122-103-47-23-29-53-115(103)128(85-39-15-5-16-40-85)119-105(122)65-63-101-117(119)97-75-87(126-109-51-27-21-45-91(109)95-73-79(57-69-113(95)126)77-55-67-111-93(71-77)89-43-19-25-49-107(89)124(111)83-35-11-3-12-36-83)59-61-99(97)121(101)100-62-60-88(76-98(100)118-102(121)64-66-106-120(118)129(86-41-17-6-18-42-86)116-54-30-24-48-104(116)123(106)82-33-9-2-10-34-82)127-110-52-28-22-46-92(110)96-74-80(58-70-114(96)127)78-56-68-112-94(72-78)90-44-20-26-50-108(90)125(112)84-37-13-4-14-38-84/h1-76H. The highest BCUT2D eigenvalue weighted by atomic mass is 15.2. The van der Waals surface area contributed by atoms with Gasteiger partial charge in [0.15, 0.2) is 0 Å². The first-order valence-electron chi connectivity index (χ1n) is 44.9. The molecular weight excluding hydrogens is 1560 g/mol. The Morgan fingerprint density at radius 1 is 0.178 bits per heavy atom. The molecule has 2 aliphatic carbocycles. The Morgan fingerprint density at radius 3 is 0.791 bits per heavy atom. The Labute approximate surface area is 746 Å². The number of benzene rings is 20.